The Balaban J connectivity index is 2.13. The van der Waals surface area contributed by atoms with E-state index >= 15 is 0 Å². The minimum atomic E-state index is 0.441. The largest absolute Gasteiger partial charge is 0.313 e. The molecule has 0 heterocycles. The van der Waals surface area contributed by atoms with Crippen LogP contribution in [0.15, 0.2) is 36.4 Å². The lowest BCUT2D eigenvalue weighted by Crippen LogP contribution is -2.12. The lowest BCUT2D eigenvalue weighted by atomic mass is 9.99. The Hall–Kier alpha value is -1.02. The zero-order valence-electron chi connectivity index (χ0n) is 10.7. The van der Waals surface area contributed by atoms with Gasteiger partial charge in [0.1, 0.15) is 0 Å². The molecule has 1 nitrogen and oxygen atoms in total. The summed E-state index contributed by atoms with van der Waals surface area (Å²) in [6, 6.07) is 12.6. The highest BCUT2D eigenvalue weighted by Gasteiger charge is 2.22. The molecule has 0 fully saturated rings. The van der Waals surface area contributed by atoms with Crippen molar-refractivity contribution in [3.05, 3.63) is 57.6 Å². The van der Waals surface area contributed by atoms with Crippen LogP contribution >= 0.6 is 23.2 Å². The van der Waals surface area contributed by atoms with Crippen LogP contribution in [0.5, 0.6) is 0 Å². The van der Waals surface area contributed by atoms with Gasteiger partial charge >= 0.3 is 0 Å². The van der Waals surface area contributed by atoms with E-state index in [0.717, 1.165) is 24.0 Å². The summed E-state index contributed by atoms with van der Waals surface area (Å²) in [4.78, 5) is 0. The summed E-state index contributed by atoms with van der Waals surface area (Å²) in [5, 5.41) is 4.76. The molecule has 0 saturated heterocycles. The third-order valence-electron chi connectivity index (χ3n) is 3.82. The van der Waals surface area contributed by atoms with Crippen LogP contribution in [0.3, 0.4) is 0 Å². The number of nitrogens with one attached hydrogen (secondary N) is 1. The maximum absolute atomic E-state index is 6.29. The zero-order chi connectivity index (χ0) is 13.4. The Morgan fingerprint density at radius 3 is 2.53 bits per heavy atom. The van der Waals surface area contributed by atoms with Gasteiger partial charge in [0.15, 0.2) is 0 Å². The minimum Gasteiger partial charge on any atom is -0.313 e. The van der Waals surface area contributed by atoms with Crippen molar-refractivity contribution in [2.45, 2.75) is 18.9 Å². The lowest BCUT2D eigenvalue weighted by molar-refractivity contribution is 0.590. The van der Waals surface area contributed by atoms with Gasteiger partial charge < -0.3 is 5.32 Å². The Bertz CT molecular complexity index is 602. The molecule has 0 radical (unpaired) electrons. The summed E-state index contributed by atoms with van der Waals surface area (Å²) in [6.07, 6.45) is 2.29. The van der Waals surface area contributed by atoms with Crippen molar-refractivity contribution in [2.75, 3.05) is 7.05 Å². The van der Waals surface area contributed by atoms with Gasteiger partial charge in [0, 0.05) is 21.7 Å². The van der Waals surface area contributed by atoms with Crippen molar-refractivity contribution in [1.29, 1.82) is 0 Å². The molecule has 1 atom stereocenters. The fourth-order valence-electron chi connectivity index (χ4n) is 2.83. The highest BCUT2D eigenvalue weighted by Crippen LogP contribution is 2.39. The van der Waals surface area contributed by atoms with E-state index in [-0.39, 0.29) is 0 Å². The van der Waals surface area contributed by atoms with Crippen LogP contribution in [-0.4, -0.2) is 7.05 Å². The molecule has 0 aromatic heterocycles. The number of aryl methyl sites for hydroxylation is 1. The maximum atomic E-state index is 6.29. The first-order valence-corrected chi connectivity index (χ1v) is 7.21. The van der Waals surface area contributed by atoms with Gasteiger partial charge in [0.2, 0.25) is 0 Å². The first-order valence-electron chi connectivity index (χ1n) is 6.45. The van der Waals surface area contributed by atoms with Gasteiger partial charge in [-0.25, -0.2) is 0 Å². The summed E-state index contributed by atoms with van der Waals surface area (Å²) in [5.41, 5.74) is 4.81. The monoisotopic (exact) mass is 291 g/mol. The summed E-state index contributed by atoms with van der Waals surface area (Å²) in [6.45, 7) is 0. The predicted octanol–water partition coefficient (Wildman–Crippen LogP) is 4.87. The fraction of sp³-hybridized carbons (Fsp3) is 0.250. The average molecular weight is 292 g/mol. The van der Waals surface area contributed by atoms with Crippen LogP contribution in [0.2, 0.25) is 10.0 Å². The summed E-state index contributed by atoms with van der Waals surface area (Å²) in [7, 11) is 2.01. The van der Waals surface area contributed by atoms with Gasteiger partial charge in [-0.3, -0.25) is 0 Å². The van der Waals surface area contributed by atoms with Crippen LogP contribution in [-0.2, 0) is 6.42 Å². The number of hydrogen-bond donors (Lipinski definition) is 1. The van der Waals surface area contributed by atoms with E-state index < -0.39 is 0 Å². The van der Waals surface area contributed by atoms with E-state index in [4.69, 9.17) is 23.2 Å². The van der Waals surface area contributed by atoms with Crippen molar-refractivity contribution >= 4 is 23.2 Å². The number of halogens is 2. The number of rotatable bonds is 2. The van der Waals surface area contributed by atoms with Crippen LogP contribution in [0.4, 0.5) is 0 Å². The number of fused-ring (bicyclic) bond motifs is 1. The molecule has 1 aliphatic rings. The molecule has 3 rings (SSSR count). The molecule has 0 saturated carbocycles. The standard InChI is InChI=1S/C16H15Cl2N/c1-19-15-8-7-10-5-6-11(9-12(10)15)16-13(17)3-2-4-14(16)18/h2-6,9,15,19H,7-8H2,1H3. The molecule has 1 N–H and O–H groups in total. The molecule has 1 aliphatic carbocycles. The molecule has 1 unspecified atom stereocenters. The molecule has 0 bridgehead atoms. The van der Waals surface area contributed by atoms with Crippen LogP contribution < -0.4 is 5.32 Å². The number of hydrogen-bond acceptors (Lipinski definition) is 1. The Labute approximate surface area is 123 Å². The van der Waals surface area contributed by atoms with Gasteiger partial charge in [-0.2, -0.15) is 0 Å². The van der Waals surface area contributed by atoms with Crippen molar-refractivity contribution in [2.24, 2.45) is 0 Å². The van der Waals surface area contributed by atoms with E-state index in [1.165, 1.54) is 11.1 Å². The van der Waals surface area contributed by atoms with E-state index in [1.54, 1.807) is 0 Å². The highest BCUT2D eigenvalue weighted by atomic mass is 35.5. The third kappa shape index (κ3) is 2.27. The molecular formula is C16H15Cl2N. The molecule has 0 aliphatic heterocycles. The zero-order valence-corrected chi connectivity index (χ0v) is 12.2. The molecule has 0 amide bonds. The fourth-order valence-corrected chi connectivity index (χ4v) is 3.45. The highest BCUT2D eigenvalue weighted by molar-refractivity contribution is 6.39. The smallest absolute Gasteiger partial charge is 0.0499 e. The Morgan fingerprint density at radius 2 is 1.84 bits per heavy atom. The maximum Gasteiger partial charge on any atom is 0.0499 e. The summed E-state index contributed by atoms with van der Waals surface area (Å²) < 4.78 is 0. The lowest BCUT2D eigenvalue weighted by Gasteiger charge is -2.13. The predicted molar refractivity (Wildman–Crippen MR) is 82.0 cm³/mol. The average Bonchev–Trinajstić information content (AvgIpc) is 2.81. The quantitative estimate of drug-likeness (QED) is 0.833. The second-order valence-corrected chi connectivity index (χ2v) is 5.70. The molecule has 2 aromatic carbocycles. The summed E-state index contributed by atoms with van der Waals surface area (Å²) >= 11 is 12.6. The second kappa shape index (κ2) is 5.16. The van der Waals surface area contributed by atoms with Crippen LogP contribution in [0.1, 0.15) is 23.6 Å². The molecular weight excluding hydrogens is 277 g/mol. The third-order valence-corrected chi connectivity index (χ3v) is 4.45. The van der Waals surface area contributed by atoms with Crippen molar-refractivity contribution in [3.8, 4) is 11.1 Å². The molecule has 2 aromatic rings. The summed E-state index contributed by atoms with van der Waals surface area (Å²) in [5.74, 6) is 0. The first-order chi connectivity index (χ1) is 9.20. The van der Waals surface area contributed by atoms with Crippen molar-refractivity contribution in [3.63, 3.8) is 0 Å². The van der Waals surface area contributed by atoms with E-state index in [1.807, 2.05) is 25.2 Å². The van der Waals surface area contributed by atoms with Crippen LogP contribution in [0.25, 0.3) is 11.1 Å². The molecule has 3 heteroatoms. The Kier molecular flexibility index (Phi) is 3.53. The minimum absolute atomic E-state index is 0.441. The van der Waals surface area contributed by atoms with Gasteiger partial charge in [-0.15, -0.1) is 0 Å². The SMILES string of the molecule is CNC1CCc2ccc(-c3c(Cl)cccc3Cl)cc21. The van der Waals surface area contributed by atoms with E-state index in [0.29, 0.717) is 16.1 Å². The van der Waals surface area contributed by atoms with Crippen LogP contribution in [0, 0.1) is 0 Å². The van der Waals surface area contributed by atoms with Gasteiger partial charge in [-0.05, 0) is 54.8 Å². The number of benzene rings is 2. The van der Waals surface area contributed by atoms with E-state index in [9.17, 15) is 0 Å². The Morgan fingerprint density at radius 1 is 1.11 bits per heavy atom. The van der Waals surface area contributed by atoms with Gasteiger partial charge in [0.05, 0.1) is 0 Å². The van der Waals surface area contributed by atoms with Crippen molar-refractivity contribution in [1.82, 2.24) is 5.32 Å². The second-order valence-electron chi connectivity index (χ2n) is 4.89. The first kappa shape index (κ1) is 13.0. The molecule has 0 spiro atoms. The molecule has 98 valence electrons. The van der Waals surface area contributed by atoms with E-state index in [2.05, 4.69) is 23.5 Å². The topological polar surface area (TPSA) is 12.0 Å². The normalized spacial score (nSPS) is 17.5. The van der Waals surface area contributed by atoms with Gasteiger partial charge in [-0.1, -0.05) is 41.4 Å². The molecule has 19 heavy (non-hydrogen) atoms. The van der Waals surface area contributed by atoms with Crippen molar-refractivity contribution < 1.29 is 0 Å². The van der Waals surface area contributed by atoms with Gasteiger partial charge in [0.25, 0.3) is 0 Å².